The van der Waals surface area contributed by atoms with Crippen LogP contribution in [-0.2, 0) is 16.5 Å². The first kappa shape index (κ1) is 22.6. The van der Waals surface area contributed by atoms with Crippen LogP contribution in [0.5, 0.6) is 17.2 Å². The van der Waals surface area contributed by atoms with Gasteiger partial charge >= 0.3 is 51.4 Å². The van der Waals surface area contributed by atoms with Gasteiger partial charge in [-0.1, -0.05) is 50.5 Å². The number of benzene rings is 2. The number of aryl methyl sites for hydroxylation is 1. The van der Waals surface area contributed by atoms with Crippen molar-refractivity contribution in [3.05, 3.63) is 48.0 Å². The Balaban J connectivity index is 0.00000312. The smallest absolute Gasteiger partial charge is 0.869 e. The zero-order chi connectivity index (χ0) is 17.6. The van der Waals surface area contributed by atoms with Crippen molar-refractivity contribution in [1.82, 2.24) is 0 Å². The molecule has 25 heavy (non-hydrogen) atoms. The van der Waals surface area contributed by atoms with Gasteiger partial charge in [-0.15, -0.1) is 0 Å². The Morgan fingerprint density at radius 3 is 2.32 bits per heavy atom. The quantitative estimate of drug-likeness (QED) is 0.413. The van der Waals surface area contributed by atoms with Crippen molar-refractivity contribution in [2.45, 2.75) is 43.9 Å². The number of hydrogen-bond donors (Lipinski definition) is 1. The first-order valence-electron chi connectivity index (χ1n) is 7.96. The minimum Gasteiger partial charge on any atom is -0.869 e. The molecule has 0 saturated carbocycles. The van der Waals surface area contributed by atoms with Gasteiger partial charge in [0, 0.05) is 0 Å². The maximum Gasteiger partial charge on any atom is 1.00 e. The van der Waals surface area contributed by atoms with Gasteiger partial charge in [-0.05, 0) is 42.4 Å². The molecular weight excluding hydrogens is 367 g/mol. The minimum absolute atomic E-state index is 0. The molecule has 0 bridgehead atoms. The second kappa shape index (κ2) is 10.7. The second-order valence-corrected chi connectivity index (χ2v) is 6.94. The zero-order valence-electron chi connectivity index (χ0n) is 14.6. The number of unbranched alkanes of at least 4 members (excludes halogenated alkanes) is 3. The summed E-state index contributed by atoms with van der Waals surface area (Å²) < 4.78 is 38.3. The maximum atomic E-state index is 12.5. The fourth-order valence-corrected chi connectivity index (χ4v) is 3.34. The van der Waals surface area contributed by atoms with Gasteiger partial charge in [-0.3, -0.25) is 4.55 Å². The normalized spacial score (nSPS) is 11.0. The summed E-state index contributed by atoms with van der Waals surface area (Å²) in [6, 6.07) is 11.6. The molecule has 0 aliphatic heterocycles. The van der Waals surface area contributed by atoms with Crippen LogP contribution >= 0.6 is 0 Å². The monoisotopic (exact) mass is 388 g/mol. The molecular formula is C18H21KO5S. The summed E-state index contributed by atoms with van der Waals surface area (Å²) in [4.78, 5) is -0.576. The molecule has 2 aromatic carbocycles. The SMILES string of the molecule is CCCCCCc1ccc(Oc2ccccc2)c([O-])c1S(=O)(=O)O.[K+]. The van der Waals surface area contributed by atoms with Gasteiger partial charge in [0.05, 0.1) is 4.90 Å². The molecule has 0 saturated heterocycles. The molecule has 130 valence electrons. The molecule has 0 aromatic heterocycles. The molecule has 7 heteroatoms. The van der Waals surface area contributed by atoms with Crippen molar-refractivity contribution in [2.24, 2.45) is 0 Å². The summed E-state index contributed by atoms with van der Waals surface area (Å²) in [5.41, 5.74) is 0.332. The molecule has 1 N–H and O–H groups in total. The van der Waals surface area contributed by atoms with Gasteiger partial charge in [0.1, 0.15) is 11.5 Å². The Labute approximate surface area is 191 Å². The van der Waals surface area contributed by atoms with Crippen LogP contribution in [0, 0.1) is 0 Å². The van der Waals surface area contributed by atoms with Crippen LogP contribution in [-0.4, -0.2) is 13.0 Å². The van der Waals surface area contributed by atoms with E-state index < -0.39 is 20.8 Å². The summed E-state index contributed by atoms with van der Waals surface area (Å²) >= 11 is 0. The third-order valence-corrected chi connectivity index (χ3v) is 4.65. The first-order valence-corrected chi connectivity index (χ1v) is 9.40. The summed E-state index contributed by atoms with van der Waals surface area (Å²) in [5, 5.41) is 12.5. The van der Waals surface area contributed by atoms with E-state index in [1.807, 2.05) is 0 Å². The van der Waals surface area contributed by atoms with E-state index in [-0.39, 0.29) is 57.1 Å². The Morgan fingerprint density at radius 2 is 1.72 bits per heavy atom. The van der Waals surface area contributed by atoms with E-state index in [2.05, 4.69) is 6.92 Å². The van der Waals surface area contributed by atoms with Crippen molar-refractivity contribution in [2.75, 3.05) is 0 Å². The second-order valence-electron chi connectivity index (χ2n) is 5.58. The van der Waals surface area contributed by atoms with E-state index in [4.69, 9.17) is 4.74 Å². The Kier molecular flexibility index (Phi) is 9.65. The summed E-state index contributed by atoms with van der Waals surface area (Å²) in [7, 11) is -4.61. The van der Waals surface area contributed by atoms with E-state index in [1.54, 1.807) is 30.3 Å². The van der Waals surface area contributed by atoms with Crippen molar-refractivity contribution in [1.29, 1.82) is 0 Å². The van der Waals surface area contributed by atoms with Crippen molar-refractivity contribution < 1.29 is 74.2 Å². The molecule has 0 unspecified atom stereocenters. The molecule has 0 heterocycles. The largest absolute Gasteiger partial charge is 1.00 e. The van der Waals surface area contributed by atoms with Crippen LogP contribution in [0.15, 0.2) is 47.4 Å². The van der Waals surface area contributed by atoms with Crippen LogP contribution in [0.4, 0.5) is 0 Å². The number of rotatable bonds is 8. The third-order valence-electron chi connectivity index (χ3n) is 3.69. The topological polar surface area (TPSA) is 86.7 Å². The minimum atomic E-state index is -4.61. The molecule has 0 aliphatic rings. The van der Waals surface area contributed by atoms with Gasteiger partial charge < -0.3 is 9.84 Å². The first-order chi connectivity index (χ1) is 11.4. The molecule has 0 radical (unpaired) electrons. The van der Waals surface area contributed by atoms with Gasteiger partial charge in [-0.25, -0.2) is 0 Å². The number of ether oxygens (including phenoxy) is 1. The van der Waals surface area contributed by atoms with Crippen molar-refractivity contribution in [3.8, 4) is 17.2 Å². The third kappa shape index (κ3) is 6.67. The van der Waals surface area contributed by atoms with Crippen LogP contribution in [0.3, 0.4) is 0 Å². The van der Waals surface area contributed by atoms with E-state index in [0.29, 0.717) is 17.7 Å². The Bertz CT molecular complexity index is 776. The predicted octanol–water partition coefficient (Wildman–Crippen LogP) is 0.926. The average molecular weight is 389 g/mol. The molecule has 0 aliphatic carbocycles. The molecule has 0 amide bonds. The fourth-order valence-electron chi connectivity index (χ4n) is 2.50. The molecule has 0 spiro atoms. The molecule has 0 fully saturated rings. The molecule has 5 nitrogen and oxygen atoms in total. The summed E-state index contributed by atoms with van der Waals surface area (Å²) in [6.07, 6.45) is 4.23. The van der Waals surface area contributed by atoms with E-state index in [9.17, 15) is 18.1 Å². The predicted molar refractivity (Wildman–Crippen MR) is 90.1 cm³/mol. The Hall–Kier alpha value is -0.414. The van der Waals surface area contributed by atoms with E-state index >= 15 is 0 Å². The zero-order valence-corrected chi connectivity index (χ0v) is 18.5. The van der Waals surface area contributed by atoms with Crippen LogP contribution in [0.25, 0.3) is 0 Å². The summed E-state index contributed by atoms with van der Waals surface area (Å²) in [5.74, 6) is -0.507. The van der Waals surface area contributed by atoms with Crippen LogP contribution in [0.1, 0.15) is 38.2 Å². The van der Waals surface area contributed by atoms with Gasteiger partial charge in [0.2, 0.25) is 0 Å². The average Bonchev–Trinajstić information content (AvgIpc) is 2.54. The van der Waals surface area contributed by atoms with E-state index in [1.165, 1.54) is 12.1 Å². The maximum absolute atomic E-state index is 12.5. The molecule has 2 aromatic rings. The van der Waals surface area contributed by atoms with Gasteiger partial charge in [0.15, 0.2) is 0 Å². The summed E-state index contributed by atoms with van der Waals surface area (Å²) in [6.45, 7) is 2.08. The van der Waals surface area contributed by atoms with Gasteiger partial charge in [-0.2, -0.15) is 8.42 Å². The Morgan fingerprint density at radius 1 is 1.04 bits per heavy atom. The van der Waals surface area contributed by atoms with Crippen LogP contribution in [0.2, 0.25) is 0 Å². The molecule has 2 rings (SSSR count). The molecule has 0 atom stereocenters. The number of para-hydroxylation sites is 1. The standard InChI is InChI=1S/C18H22O5S.K/c1-2-3-4-6-9-14-12-13-16(17(19)18(14)24(20,21)22)23-15-10-7-5-8-11-15;/h5,7-8,10-13,19H,2-4,6,9H2,1H3,(H,20,21,22);/q;+1/p-1. The van der Waals surface area contributed by atoms with Gasteiger partial charge in [0.25, 0.3) is 10.1 Å². The van der Waals surface area contributed by atoms with Crippen LogP contribution < -0.4 is 61.2 Å². The van der Waals surface area contributed by atoms with E-state index in [0.717, 1.165) is 25.7 Å². The number of hydrogen-bond acceptors (Lipinski definition) is 4. The van der Waals surface area contributed by atoms with Crippen molar-refractivity contribution >= 4 is 10.1 Å². The fraction of sp³-hybridized carbons (Fsp3) is 0.333. The van der Waals surface area contributed by atoms with Crippen molar-refractivity contribution in [3.63, 3.8) is 0 Å².